The van der Waals surface area contributed by atoms with Crippen molar-refractivity contribution in [1.29, 1.82) is 0 Å². The van der Waals surface area contributed by atoms with Gasteiger partial charge in [0.2, 0.25) is 5.91 Å². The molecule has 9 nitrogen and oxygen atoms in total. The zero-order chi connectivity index (χ0) is 26.5. The van der Waals surface area contributed by atoms with Crippen LogP contribution in [0.25, 0.3) is 5.69 Å². The second-order valence-corrected chi connectivity index (χ2v) is 9.62. The van der Waals surface area contributed by atoms with Crippen molar-refractivity contribution in [3.05, 3.63) is 98.9 Å². The molecule has 0 unspecified atom stereocenters. The smallest absolute Gasteiger partial charge is 0.274 e. The van der Waals surface area contributed by atoms with Crippen molar-refractivity contribution in [2.45, 2.75) is 39.5 Å². The van der Waals surface area contributed by atoms with E-state index >= 15 is 0 Å². The zero-order valence-corrected chi connectivity index (χ0v) is 21.8. The fourth-order valence-electron chi connectivity index (χ4n) is 3.82. The number of nitro benzene ring substituents is 1. The molecule has 4 rings (SSSR count). The van der Waals surface area contributed by atoms with Gasteiger partial charge in [0, 0.05) is 23.0 Å². The molecule has 0 aliphatic rings. The molecule has 1 amide bonds. The summed E-state index contributed by atoms with van der Waals surface area (Å²) in [6, 6.07) is 18.5. The summed E-state index contributed by atoms with van der Waals surface area (Å²) in [5, 5.41) is 23.1. The van der Waals surface area contributed by atoms with E-state index < -0.39 is 4.92 Å². The van der Waals surface area contributed by atoms with Gasteiger partial charge in [-0.2, -0.15) is 0 Å². The van der Waals surface area contributed by atoms with Crippen LogP contribution in [-0.2, 0) is 11.4 Å². The molecule has 0 saturated heterocycles. The van der Waals surface area contributed by atoms with Gasteiger partial charge in [-0.05, 0) is 57.0 Å². The van der Waals surface area contributed by atoms with E-state index in [0.29, 0.717) is 22.2 Å². The van der Waals surface area contributed by atoms with Crippen molar-refractivity contribution in [2.75, 3.05) is 11.1 Å². The van der Waals surface area contributed by atoms with Crippen molar-refractivity contribution < 1.29 is 14.5 Å². The van der Waals surface area contributed by atoms with Crippen molar-refractivity contribution >= 4 is 29.0 Å². The van der Waals surface area contributed by atoms with Crippen LogP contribution < -0.4 is 10.1 Å². The molecule has 0 radical (unpaired) electrons. The van der Waals surface area contributed by atoms with Crippen LogP contribution in [0.1, 0.15) is 28.1 Å². The highest BCUT2D eigenvalue weighted by Crippen LogP contribution is 2.27. The SMILES string of the molecule is Cc1ccc(-n2c(COc3c(C)cccc3C)nnc2SCC(=O)Nc2ccc(C)c([N+](=O)[O-])c2)cc1. The van der Waals surface area contributed by atoms with Crippen molar-refractivity contribution in [3.63, 3.8) is 0 Å². The molecule has 1 heterocycles. The molecule has 0 fully saturated rings. The molecule has 1 N–H and O–H groups in total. The average molecular weight is 518 g/mol. The maximum absolute atomic E-state index is 12.7. The monoisotopic (exact) mass is 517 g/mol. The number of para-hydroxylation sites is 1. The van der Waals surface area contributed by atoms with E-state index in [4.69, 9.17) is 4.74 Å². The Morgan fingerprint density at radius 2 is 1.70 bits per heavy atom. The van der Waals surface area contributed by atoms with Gasteiger partial charge in [0.05, 0.1) is 10.7 Å². The quantitative estimate of drug-likeness (QED) is 0.172. The van der Waals surface area contributed by atoms with E-state index in [0.717, 1.165) is 28.1 Å². The van der Waals surface area contributed by atoms with Crippen LogP contribution in [0.4, 0.5) is 11.4 Å². The molecule has 1 aromatic heterocycles. The largest absolute Gasteiger partial charge is 0.485 e. The van der Waals surface area contributed by atoms with Crippen molar-refractivity contribution in [2.24, 2.45) is 0 Å². The van der Waals surface area contributed by atoms with Gasteiger partial charge in [0.25, 0.3) is 5.69 Å². The highest BCUT2D eigenvalue weighted by Gasteiger charge is 2.18. The number of aromatic nitrogens is 3. The lowest BCUT2D eigenvalue weighted by atomic mass is 10.1. The molecule has 4 aromatic rings. The molecule has 10 heteroatoms. The Balaban J connectivity index is 1.53. The number of hydrogen-bond donors (Lipinski definition) is 1. The number of ether oxygens (including phenoxy) is 1. The van der Waals surface area contributed by atoms with Gasteiger partial charge < -0.3 is 10.1 Å². The normalized spacial score (nSPS) is 10.8. The van der Waals surface area contributed by atoms with Crippen LogP contribution in [-0.4, -0.2) is 31.3 Å². The van der Waals surface area contributed by atoms with Crippen LogP contribution in [0.3, 0.4) is 0 Å². The summed E-state index contributed by atoms with van der Waals surface area (Å²) in [7, 11) is 0. The van der Waals surface area contributed by atoms with Crippen molar-refractivity contribution in [1.82, 2.24) is 14.8 Å². The Morgan fingerprint density at radius 3 is 2.38 bits per heavy atom. The number of carbonyl (C=O) groups is 1. The summed E-state index contributed by atoms with van der Waals surface area (Å²) in [4.78, 5) is 23.4. The van der Waals surface area contributed by atoms with Gasteiger partial charge >= 0.3 is 0 Å². The third-order valence-electron chi connectivity index (χ3n) is 5.77. The van der Waals surface area contributed by atoms with Crippen molar-refractivity contribution in [3.8, 4) is 11.4 Å². The topological polar surface area (TPSA) is 112 Å². The molecular formula is C27H27N5O4S. The number of carbonyl (C=O) groups excluding carboxylic acids is 1. The van der Waals surface area contributed by atoms with E-state index in [1.807, 2.05) is 67.8 Å². The standard InChI is InChI=1S/C27H27N5O4S/c1-17-8-12-22(13-9-17)31-24(15-36-26-19(3)6-5-7-20(26)4)29-30-27(31)37-16-25(33)28-21-11-10-18(2)23(14-21)32(34)35/h5-14H,15-16H2,1-4H3,(H,28,33). The first-order valence-corrected chi connectivity index (χ1v) is 12.6. The maximum Gasteiger partial charge on any atom is 0.274 e. The van der Waals surface area contributed by atoms with Gasteiger partial charge in [-0.1, -0.05) is 53.7 Å². The van der Waals surface area contributed by atoms with E-state index in [-0.39, 0.29) is 24.0 Å². The van der Waals surface area contributed by atoms with Crippen LogP contribution in [0.2, 0.25) is 0 Å². The first kappa shape index (κ1) is 25.9. The number of nitrogens with one attached hydrogen (secondary N) is 1. The number of rotatable bonds is 9. The number of hydrogen-bond acceptors (Lipinski definition) is 7. The molecule has 0 saturated carbocycles. The van der Waals surface area contributed by atoms with Gasteiger partial charge in [0.15, 0.2) is 11.0 Å². The Bertz CT molecular complexity index is 1430. The molecule has 0 aliphatic heterocycles. The lowest BCUT2D eigenvalue weighted by Crippen LogP contribution is -2.15. The number of anilines is 1. The van der Waals surface area contributed by atoms with Crippen LogP contribution >= 0.6 is 11.8 Å². The highest BCUT2D eigenvalue weighted by atomic mass is 32.2. The third kappa shape index (κ3) is 6.15. The summed E-state index contributed by atoms with van der Waals surface area (Å²) in [6.45, 7) is 7.85. The van der Waals surface area contributed by atoms with E-state index in [1.165, 1.54) is 17.8 Å². The Hall–Kier alpha value is -4.18. The number of nitrogens with zero attached hydrogens (tertiary/aromatic N) is 4. The second kappa shape index (κ2) is 11.3. The van der Waals surface area contributed by atoms with Crippen LogP contribution in [0, 0.1) is 37.8 Å². The van der Waals surface area contributed by atoms with Gasteiger partial charge in [0.1, 0.15) is 12.4 Å². The highest BCUT2D eigenvalue weighted by molar-refractivity contribution is 7.99. The molecule has 0 bridgehead atoms. The summed E-state index contributed by atoms with van der Waals surface area (Å²) < 4.78 is 8.01. The lowest BCUT2D eigenvalue weighted by Gasteiger charge is -2.14. The van der Waals surface area contributed by atoms with E-state index in [2.05, 4.69) is 15.5 Å². The lowest BCUT2D eigenvalue weighted by molar-refractivity contribution is -0.385. The number of aryl methyl sites for hydroxylation is 4. The number of benzene rings is 3. The van der Waals surface area contributed by atoms with E-state index in [1.54, 1.807) is 19.1 Å². The molecule has 0 aliphatic carbocycles. The number of amides is 1. The van der Waals surface area contributed by atoms with Gasteiger partial charge in [-0.15, -0.1) is 10.2 Å². The summed E-state index contributed by atoms with van der Waals surface area (Å²) >= 11 is 1.22. The van der Waals surface area contributed by atoms with Gasteiger partial charge in [-0.3, -0.25) is 19.5 Å². The molecule has 190 valence electrons. The number of thioether (sulfide) groups is 1. The summed E-state index contributed by atoms with van der Waals surface area (Å²) in [6.07, 6.45) is 0. The minimum absolute atomic E-state index is 0.0434. The van der Waals surface area contributed by atoms with Gasteiger partial charge in [-0.25, -0.2) is 0 Å². The third-order valence-corrected chi connectivity index (χ3v) is 6.70. The maximum atomic E-state index is 12.7. The Labute approximate surface area is 219 Å². The van der Waals surface area contributed by atoms with Crippen LogP contribution in [0.5, 0.6) is 5.75 Å². The first-order chi connectivity index (χ1) is 17.7. The molecule has 37 heavy (non-hydrogen) atoms. The van der Waals surface area contributed by atoms with E-state index in [9.17, 15) is 14.9 Å². The molecular weight excluding hydrogens is 490 g/mol. The molecule has 3 aromatic carbocycles. The molecule has 0 atom stereocenters. The first-order valence-electron chi connectivity index (χ1n) is 11.6. The average Bonchev–Trinajstić information content (AvgIpc) is 3.26. The Kier molecular flexibility index (Phi) is 7.88. The minimum Gasteiger partial charge on any atom is -0.485 e. The second-order valence-electron chi connectivity index (χ2n) is 8.67. The van der Waals surface area contributed by atoms with Crippen LogP contribution in [0.15, 0.2) is 65.8 Å². The summed E-state index contributed by atoms with van der Waals surface area (Å²) in [5.74, 6) is 1.14. The summed E-state index contributed by atoms with van der Waals surface area (Å²) in [5.41, 5.74) is 4.88. The Morgan fingerprint density at radius 1 is 1.00 bits per heavy atom. The predicted octanol–water partition coefficient (Wildman–Crippen LogP) is 5.72. The molecule has 0 spiro atoms. The fourth-order valence-corrected chi connectivity index (χ4v) is 4.59. The fraction of sp³-hybridized carbons (Fsp3) is 0.222. The number of nitro groups is 1. The predicted molar refractivity (Wildman–Crippen MR) is 144 cm³/mol. The minimum atomic E-state index is -0.466. The zero-order valence-electron chi connectivity index (χ0n) is 21.0.